The van der Waals surface area contributed by atoms with Gasteiger partial charge in [-0.05, 0) is 41.0 Å². The van der Waals surface area contributed by atoms with Gasteiger partial charge in [-0.3, -0.25) is 9.59 Å². The molecule has 0 aliphatic carbocycles. The van der Waals surface area contributed by atoms with E-state index in [1.807, 2.05) is 59.5 Å². The van der Waals surface area contributed by atoms with Gasteiger partial charge in [0.05, 0.1) is 12.1 Å². The number of carbonyl (C=O) groups excluding carboxylic acids is 2. The molecule has 4 aromatic carbocycles. The van der Waals surface area contributed by atoms with Gasteiger partial charge in [0.2, 0.25) is 5.91 Å². The van der Waals surface area contributed by atoms with Crippen LogP contribution in [0.1, 0.15) is 35.7 Å². The van der Waals surface area contributed by atoms with Crippen LogP contribution in [-0.4, -0.2) is 18.4 Å². The third kappa shape index (κ3) is 3.44. The Bertz CT molecular complexity index is 1330. The summed E-state index contributed by atoms with van der Waals surface area (Å²) in [5.41, 5.74) is 3.38. The third-order valence-electron chi connectivity index (χ3n) is 5.97. The van der Waals surface area contributed by atoms with E-state index < -0.39 is 0 Å². The minimum atomic E-state index is -0.0665. The van der Waals surface area contributed by atoms with Crippen LogP contribution in [0, 0.1) is 0 Å². The van der Waals surface area contributed by atoms with E-state index in [0.29, 0.717) is 18.5 Å². The van der Waals surface area contributed by atoms with E-state index in [2.05, 4.69) is 30.4 Å². The fourth-order valence-electron chi connectivity index (χ4n) is 4.42. The average Bonchev–Trinajstić information content (AvgIpc) is 3.06. The molecule has 1 aliphatic rings. The summed E-state index contributed by atoms with van der Waals surface area (Å²) >= 11 is 0. The van der Waals surface area contributed by atoms with Crippen LogP contribution in [0.5, 0.6) is 0 Å². The van der Waals surface area contributed by atoms with Crippen molar-refractivity contribution in [3.8, 4) is 0 Å². The number of rotatable bonds is 6. The number of fused-ring (bicyclic) bond motifs is 1. The molecule has 0 atom stereocenters. The summed E-state index contributed by atoms with van der Waals surface area (Å²) in [6.07, 6.45) is 2.30. The fourth-order valence-corrected chi connectivity index (χ4v) is 4.42. The van der Waals surface area contributed by atoms with Crippen LogP contribution >= 0.6 is 0 Å². The quantitative estimate of drug-likeness (QED) is 0.430. The molecule has 0 bridgehead atoms. The molecule has 1 N–H and O–H groups in total. The zero-order valence-corrected chi connectivity index (χ0v) is 17.5. The Morgan fingerprint density at radius 2 is 1.77 bits per heavy atom. The number of benzene rings is 4. The van der Waals surface area contributed by atoms with E-state index in [1.54, 1.807) is 0 Å². The smallest absolute Gasteiger partial charge is 0.258 e. The molecular formula is C27H24N2O2. The number of amides is 2. The van der Waals surface area contributed by atoms with Crippen molar-refractivity contribution in [2.24, 2.45) is 0 Å². The van der Waals surface area contributed by atoms with Gasteiger partial charge in [0.25, 0.3) is 5.91 Å². The second-order valence-electron chi connectivity index (χ2n) is 8.08. The molecule has 0 radical (unpaired) electrons. The first kappa shape index (κ1) is 19.3. The maximum Gasteiger partial charge on any atom is 0.258 e. The molecule has 1 aliphatic heterocycles. The predicted octanol–water partition coefficient (Wildman–Crippen LogP) is 5.93. The van der Waals surface area contributed by atoms with Gasteiger partial charge < -0.3 is 10.2 Å². The molecule has 2 amide bonds. The number of carbonyl (C=O) groups is 2. The Balaban J connectivity index is 1.43. The monoisotopic (exact) mass is 408 g/mol. The molecule has 5 rings (SSSR count). The van der Waals surface area contributed by atoms with Crippen molar-refractivity contribution in [2.75, 3.05) is 16.8 Å². The van der Waals surface area contributed by atoms with Crippen LogP contribution in [0.3, 0.4) is 0 Å². The molecule has 0 aromatic heterocycles. The van der Waals surface area contributed by atoms with Gasteiger partial charge in [-0.1, -0.05) is 67.9 Å². The third-order valence-corrected chi connectivity index (χ3v) is 5.97. The van der Waals surface area contributed by atoms with Gasteiger partial charge in [-0.25, -0.2) is 0 Å². The van der Waals surface area contributed by atoms with Gasteiger partial charge in [0.1, 0.15) is 0 Å². The van der Waals surface area contributed by atoms with E-state index in [1.165, 1.54) is 0 Å². The van der Waals surface area contributed by atoms with Gasteiger partial charge >= 0.3 is 0 Å². The Morgan fingerprint density at radius 1 is 0.935 bits per heavy atom. The highest BCUT2D eigenvalue weighted by Crippen LogP contribution is 2.40. The largest absolute Gasteiger partial charge is 0.325 e. The standard InChI is InChI=1S/C27H24N2O2/c1-2-3-15-29-24-14-13-23(21-9-6-10-22(26(21)24)27(29)31)28-25(30)17-18-11-12-19-7-4-5-8-20(19)16-18/h4-14,16H,2-3,15,17H2,1H3,(H,28,30). The number of hydrogen-bond donors (Lipinski definition) is 1. The second kappa shape index (κ2) is 7.88. The number of anilines is 2. The zero-order valence-electron chi connectivity index (χ0n) is 17.5. The molecule has 0 fully saturated rings. The van der Waals surface area contributed by atoms with Crippen molar-refractivity contribution in [3.63, 3.8) is 0 Å². The van der Waals surface area contributed by atoms with E-state index in [4.69, 9.17) is 0 Å². The molecule has 4 aromatic rings. The summed E-state index contributed by atoms with van der Waals surface area (Å²) in [4.78, 5) is 27.6. The number of nitrogens with one attached hydrogen (secondary N) is 1. The zero-order chi connectivity index (χ0) is 21.4. The van der Waals surface area contributed by atoms with Crippen molar-refractivity contribution < 1.29 is 9.59 Å². The van der Waals surface area contributed by atoms with E-state index in [9.17, 15) is 9.59 Å². The van der Waals surface area contributed by atoms with E-state index >= 15 is 0 Å². The Labute approximate surface area is 181 Å². The lowest BCUT2D eigenvalue weighted by atomic mass is 10.0. The molecule has 1 heterocycles. The van der Waals surface area contributed by atoms with Crippen molar-refractivity contribution >= 4 is 44.7 Å². The molecule has 0 saturated heterocycles. The van der Waals surface area contributed by atoms with Gasteiger partial charge in [0.15, 0.2) is 0 Å². The molecule has 31 heavy (non-hydrogen) atoms. The molecule has 0 unspecified atom stereocenters. The fraction of sp³-hybridized carbons (Fsp3) is 0.185. The molecule has 0 saturated carbocycles. The van der Waals surface area contributed by atoms with Gasteiger partial charge in [-0.2, -0.15) is 0 Å². The summed E-state index contributed by atoms with van der Waals surface area (Å²) in [5, 5.41) is 7.21. The molecular weight excluding hydrogens is 384 g/mol. The summed E-state index contributed by atoms with van der Waals surface area (Å²) in [7, 11) is 0. The van der Waals surface area contributed by atoms with Gasteiger partial charge in [0, 0.05) is 28.6 Å². The number of hydrogen-bond acceptors (Lipinski definition) is 2. The van der Waals surface area contributed by atoms with Crippen LogP contribution in [-0.2, 0) is 11.2 Å². The Hall–Kier alpha value is -3.66. The first-order chi connectivity index (χ1) is 15.2. The van der Waals surface area contributed by atoms with Crippen molar-refractivity contribution in [3.05, 3.63) is 83.9 Å². The lowest BCUT2D eigenvalue weighted by Crippen LogP contribution is -2.27. The second-order valence-corrected chi connectivity index (χ2v) is 8.08. The summed E-state index contributed by atoms with van der Waals surface area (Å²) in [5.74, 6) is -0.0168. The molecule has 0 spiro atoms. The Morgan fingerprint density at radius 3 is 2.61 bits per heavy atom. The SMILES string of the molecule is CCCCN1C(=O)c2cccc3c(NC(=O)Cc4ccc5ccccc5c4)ccc1c23. The first-order valence-electron chi connectivity index (χ1n) is 10.8. The highest BCUT2D eigenvalue weighted by molar-refractivity contribution is 6.27. The highest BCUT2D eigenvalue weighted by Gasteiger charge is 2.30. The maximum atomic E-state index is 12.9. The topological polar surface area (TPSA) is 49.4 Å². The summed E-state index contributed by atoms with van der Waals surface area (Å²) in [6, 6.07) is 23.9. The van der Waals surface area contributed by atoms with Crippen LogP contribution < -0.4 is 10.2 Å². The van der Waals surface area contributed by atoms with E-state index in [0.717, 1.165) is 51.3 Å². The average molecular weight is 409 g/mol. The van der Waals surface area contributed by atoms with Crippen molar-refractivity contribution in [1.29, 1.82) is 0 Å². The summed E-state index contributed by atoms with van der Waals surface area (Å²) in [6.45, 7) is 2.84. The molecule has 154 valence electrons. The minimum absolute atomic E-state index is 0.0497. The lowest BCUT2D eigenvalue weighted by Gasteiger charge is -2.17. The normalized spacial score (nSPS) is 12.7. The van der Waals surface area contributed by atoms with Crippen molar-refractivity contribution in [1.82, 2.24) is 0 Å². The highest BCUT2D eigenvalue weighted by atomic mass is 16.2. The van der Waals surface area contributed by atoms with Gasteiger partial charge in [-0.15, -0.1) is 0 Å². The maximum absolute atomic E-state index is 12.9. The van der Waals surface area contributed by atoms with Crippen LogP contribution in [0.2, 0.25) is 0 Å². The first-order valence-corrected chi connectivity index (χ1v) is 10.8. The lowest BCUT2D eigenvalue weighted by molar-refractivity contribution is -0.115. The number of unbranched alkanes of at least 4 members (excludes halogenated alkanes) is 1. The molecule has 4 heteroatoms. The van der Waals surface area contributed by atoms with Crippen LogP contribution in [0.15, 0.2) is 72.8 Å². The van der Waals surface area contributed by atoms with Crippen LogP contribution in [0.4, 0.5) is 11.4 Å². The predicted molar refractivity (Wildman–Crippen MR) is 127 cm³/mol. The van der Waals surface area contributed by atoms with E-state index in [-0.39, 0.29) is 11.8 Å². The minimum Gasteiger partial charge on any atom is -0.325 e. The Kier molecular flexibility index (Phi) is 4.91. The van der Waals surface area contributed by atoms with Crippen LogP contribution in [0.25, 0.3) is 21.5 Å². The molecule has 4 nitrogen and oxygen atoms in total. The number of nitrogens with zero attached hydrogens (tertiary/aromatic N) is 1. The van der Waals surface area contributed by atoms with Crippen molar-refractivity contribution in [2.45, 2.75) is 26.2 Å². The summed E-state index contributed by atoms with van der Waals surface area (Å²) < 4.78 is 0.